The lowest BCUT2D eigenvalue weighted by molar-refractivity contribution is -0.136. The van der Waals surface area contributed by atoms with Crippen LogP contribution in [0.15, 0.2) is 18.6 Å². The summed E-state index contributed by atoms with van der Waals surface area (Å²) in [6.45, 7) is 5.35. The summed E-state index contributed by atoms with van der Waals surface area (Å²) in [7, 11) is 0. The van der Waals surface area contributed by atoms with Gasteiger partial charge in [-0.25, -0.2) is 4.98 Å². The number of nitrogens with zero attached hydrogens (tertiary/aromatic N) is 5. The zero-order chi connectivity index (χ0) is 18.6. The van der Waals surface area contributed by atoms with E-state index in [2.05, 4.69) is 19.8 Å². The minimum absolute atomic E-state index is 0.0257. The van der Waals surface area contributed by atoms with Crippen molar-refractivity contribution in [1.29, 1.82) is 0 Å². The Labute approximate surface area is 160 Å². The van der Waals surface area contributed by atoms with Crippen LogP contribution in [0, 0.1) is 5.92 Å². The van der Waals surface area contributed by atoms with E-state index in [4.69, 9.17) is 0 Å². The van der Waals surface area contributed by atoms with Crippen LogP contribution < -0.4 is 0 Å². The van der Waals surface area contributed by atoms with Crippen molar-refractivity contribution in [1.82, 2.24) is 24.7 Å². The SMILES string of the molecule is O=C(c1cnccn1)N1CCC(N2CCC[C@@H](C(=O)N3CCCC3)C2)CC1. The molecule has 0 bridgehead atoms. The fraction of sp³-hybridized carbons (Fsp3) is 0.700. The molecule has 3 aliphatic rings. The standard InChI is InChI=1S/C20H29N5O2/c26-19(23-9-1-2-10-23)16-4-3-11-25(15-16)17-5-12-24(13-6-17)20(27)18-14-21-7-8-22-18/h7-8,14,16-17H,1-6,9-13,15H2/t16-/m1/s1. The fourth-order valence-electron chi connectivity index (χ4n) is 4.74. The van der Waals surface area contributed by atoms with E-state index in [0.29, 0.717) is 17.6 Å². The second kappa shape index (κ2) is 8.33. The summed E-state index contributed by atoms with van der Waals surface area (Å²) in [5.74, 6) is 0.505. The van der Waals surface area contributed by atoms with E-state index in [-0.39, 0.29) is 11.8 Å². The molecule has 3 saturated heterocycles. The molecule has 1 aromatic rings. The second-order valence-corrected chi connectivity index (χ2v) is 7.98. The van der Waals surface area contributed by atoms with Gasteiger partial charge in [0.2, 0.25) is 5.91 Å². The molecule has 7 heteroatoms. The molecule has 0 aromatic carbocycles. The van der Waals surface area contributed by atoms with Gasteiger partial charge in [0.15, 0.2) is 0 Å². The molecule has 3 aliphatic heterocycles. The quantitative estimate of drug-likeness (QED) is 0.804. The Hall–Kier alpha value is -2.02. The van der Waals surface area contributed by atoms with Gasteiger partial charge in [0.25, 0.3) is 5.91 Å². The molecule has 4 heterocycles. The van der Waals surface area contributed by atoms with Crippen molar-refractivity contribution in [2.75, 3.05) is 39.3 Å². The lowest BCUT2D eigenvalue weighted by atomic mass is 9.93. The third-order valence-electron chi connectivity index (χ3n) is 6.27. The average Bonchev–Trinajstić information content (AvgIpc) is 3.28. The Balaban J connectivity index is 1.30. The van der Waals surface area contributed by atoms with Gasteiger partial charge in [-0.1, -0.05) is 0 Å². The highest BCUT2D eigenvalue weighted by Crippen LogP contribution is 2.26. The summed E-state index contributed by atoms with van der Waals surface area (Å²) < 4.78 is 0. The highest BCUT2D eigenvalue weighted by Gasteiger charge is 2.34. The summed E-state index contributed by atoms with van der Waals surface area (Å²) in [5.41, 5.74) is 0.421. The number of amides is 2. The van der Waals surface area contributed by atoms with Crippen LogP contribution in [0.25, 0.3) is 0 Å². The zero-order valence-corrected chi connectivity index (χ0v) is 15.9. The number of rotatable bonds is 3. The largest absolute Gasteiger partial charge is 0.342 e. The molecule has 1 aromatic heterocycles. The number of aromatic nitrogens is 2. The van der Waals surface area contributed by atoms with Crippen LogP contribution in [-0.2, 0) is 4.79 Å². The van der Waals surface area contributed by atoms with E-state index in [1.807, 2.05) is 4.90 Å². The van der Waals surface area contributed by atoms with Crippen LogP contribution in [0.4, 0.5) is 0 Å². The topological polar surface area (TPSA) is 69.6 Å². The van der Waals surface area contributed by atoms with E-state index in [9.17, 15) is 9.59 Å². The predicted octanol–water partition coefficient (Wildman–Crippen LogP) is 1.42. The molecule has 4 rings (SSSR count). The van der Waals surface area contributed by atoms with E-state index in [1.165, 1.54) is 6.20 Å². The molecule has 0 N–H and O–H groups in total. The normalized spacial score (nSPS) is 25.0. The van der Waals surface area contributed by atoms with Crippen molar-refractivity contribution in [2.45, 2.75) is 44.6 Å². The molecule has 146 valence electrons. The molecule has 7 nitrogen and oxygen atoms in total. The zero-order valence-electron chi connectivity index (χ0n) is 15.9. The first-order chi connectivity index (χ1) is 13.2. The van der Waals surface area contributed by atoms with E-state index in [1.54, 1.807) is 12.4 Å². The Bertz CT molecular complexity index is 654. The van der Waals surface area contributed by atoms with Crippen LogP contribution in [-0.4, -0.2) is 81.8 Å². The highest BCUT2D eigenvalue weighted by atomic mass is 16.2. The summed E-state index contributed by atoms with van der Waals surface area (Å²) in [6.07, 6.45) is 11.0. The Morgan fingerprint density at radius 3 is 2.37 bits per heavy atom. The minimum Gasteiger partial charge on any atom is -0.342 e. The van der Waals surface area contributed by atoms with Crippen molar-refractivity contribution in [3.8, 4) is 0 Å². The number of carbonyl (C=O) groups is 2. The van der Waals surface area contributed by atoms with Crippen LogP contribution >= 0.6 is 0 Å². The smallest absolute Gasteiger partial charge is 0.274 e. The Morgan fingerprint density at radius 2 is 1.67 bits per heavy atom. The maximum absolute atomic E-state index is 12.8. The van der Waals surface area contributed by atoms with Gasteiger partial charge in [-0.15, -0.1) is 0 Å². The molecular formula is C20H29N5O2. The van der Waals surface area contributed by atoms with Crippen LogP contribution in [0.1, 0.15) is 49.0 Å². The van der Waals surface area contributed by atoms with Gasteiger partial charge in [-0.3, -0.25) is 19.5 Å². The number of carbonyl (C=O) groups excluding carboxylic acids is 2. The first kappa shape index (κ1) is 18.3. The average molecular weight is 371 g/mol. The van der Waals surface area contributed by atoms with Gasteiger partial charge in [-0.05, 0) is 45.1 Å². The number of hydrogen-bond donors (Lipinski definition) is 0. The van der Waals surface area contributed by atoms with Gasteiger partial charge in [-0.2, -0.15) is 0 Å². The molecule has 27 heavy (non-hydrogen) atoms. The van der Waals surface area contributed by atoms with E-state index >= 15 is 0 Å². The first-order valence-electron chi connectivity index (χ1n) is 10.3. The van der Waals surface area contributed by atoms with Crippen LogP contribution in [0.3, 0.4) is 0 Å². The molecule has 0 unspecified atom stereocenters. The number of hydrogen-bond acceptors (Lipinski definition) is 5. The molecule has 0 aliphatic carbocycles. The lowest BCUT2D eigenvalue weighted by Crippen LogP contribution is -2.51. The van der Waals surface area contributed by atoms with Gasteiger partial charge in [0.05, 0.1) is 12.1 Å². The molecule has 2 amide bonds. The second-order valence-electron chi connectivity index (χ2n) is 7.98. The monoisotopic (exact) mass is 371 g/mol. The molecular weight excluding hydrogens is 342 g/mol. The van der Waals surface area contributed by atoms with Gasteiger partial charge < -0.3 is 9.80 Å². The third kappa shape index (κ3) is 4.13. The lowest BCUT2D eigenvalue weighted by Gasteiger charge is -2.42. The third-order valence-corrected chi connectivity index (χ3v) is 6.27. The van der Waals surface area contributed by atoms with Crippen molar-refractivity contribution in [3.05, 3.63) is 24.3 Å². The maximum Gasteiger partial charge on any atom is 0.274 e. The van der Waals surface area contributed by atoms with Gasteiger partial charge >= 0.3 is 0 Å². The summed E-state index contributed by atoms with van der Waals surface area (Å²) in [5, 5.41) is 0. The van der Waals surface area contributed by atoms with E-state index in [0.717, 1.165) is 77.8 Å². The predicted molar refractivity (Wildman–Crippen MR) is 101 cm³/mol. The highest BCUT2D eigenvalue weighted by molar-refractivity contribution is 5.92. The van der Waals surface area contributed by atoms with E-state index < -0.39 is 0 Å². The van der Waals surface area contributed by atoms with Crippen molar-refractivity contribution < 1.29 is 9.59 Å². The van der Waals surface area contributed by atoms with Crippen LogP contribution in [0.2, 0.25) is 0 Å². The maximum atomic E-state index is 12.8. The Morgan fingerprint density at radius 1 is 0.889 bits per heavy atom. The number of piperidine rings is 2. The molecule has 3 fully saturated rings. The van der Waals surface area contributed by atoms with Crippen molar-refractivity contribution in [2.24, 2.45) is 5.92 Å². The van der Waals surface area contributed by atoms with Crippen molar-refractivity contribution >= 4 is 11.8 Å². The fourth-order valence-corrected chi connectivity index (χ4v) is 4.74. The minimum atomic E-state index is -0.0257. The molecule has 0 saturated carbocycles. The Kier molecular flexibility index (Phi) is 5.66. The first-order valence-corrected chi connectivity index (χ1v) is 10.3. The van der Waals surface area contributed by atoms with Gasteiger partial charge in [0, 0.05) is 51.2 Å². The summed E-state index contributed by atoms with van der Waals surface area (Å²) in [4.78, 5) is 39.9. The van der Waals surface area contributed by atoms with Crippen molar-refractivity contribution in [3.63, 3.8) is 0 Å². The molecule has 1 atom stereocenters. The summed E-state index contributed by atoms with van der Waals surface area (Å²) >= 11 is 0. The number of likely N-dealkylation sites (tertiary alicyclic amines) is 3. The van der Waals surface area contributed by atoms with Gasteiger partial charge in [0.1, 0.15) is 5.69 Å². The molecule has 0 spiro atoms. The van der Waals surface area contributed by atoms with Crippen LogP contribution in [0.5, 0.6) is 0 Å². The summed E-state index contributed by atoms with van der Waals surface area (Å²) in [6, 6.07) is 0.477. The molecule has 0 radical (unpaired) electrons.